The molecule has 6 nitrogen and oxygen atoms in total. The summed E-state index contributed by atoms with van der Waals surface area (Å²) in [6, 6.07) is 0. The summed E-state index contributed by atoms with van der Waals surface area (Å²) in [6.45, 7) is 6.57. The molecule has 0 saturated carbocycles. The molecule has 0 amide bonds. The van der Waals surface area contributed by atoms with Crippen LogP contribution in [-0.2, 0) is 28.6 Å². The predicted octanol–water partition coefficient (Wildman–Crippen LogP) is 24.7. The van der Waals surface area contributed by atoms with Crippen molar-refractivity contribution < 1.29 is 28.6 Å². The molecule has 472 valence electrons. The maximum atomic E-state index is 12.9. The Bertz CT molecular complexity index is 1440. The number of ether oxygens (including phenoxy) is 3. The van der Waals surface area contributed by atoms with E-state index in [-0.39, 0.29) is 31.1 Å². The van der Waals surface area contributed by atoms with E-state index in [0.717, 1.165) is 89.9 Å². The third-order valence-electron chi connectivity index (χ3n) is 16.0. The monoisotopic (exact) mass is 1130 g/mol. The fraction of sp³-hybridized carbons (Fsp3) is 0.827. The lowest BCUT2D eigenvalue weighted by Gasteiger charge is -2.18. The molecule has 0 heterocycles. The minimum Gasteiger partial charge on any atom is -0.462 e. The Kier molecular flexibility index (Phi) is 67.1. The smallest absolute Gasteiger partial charge is 0.306 e. The molecule has 81 heavy (non-hydrogen) atoms. The first-order chi connectivity index (χ1) is 40.0. The van der Waals surface area contributed by atoms with Crippen molar-refractivity contribution in [1.82, 2.24) is 0 Å². The number of carbonyl (C=O) groups excluding carboxylic acids is 3. The number of esters is 3. The summed E-state index contributed by atoms with van der Waals surface area (Å²) < 4.78 is 17.0. The highest BCUT2D eigenvalue weighted by molar-refractivity contribution is 5.71. The summed E-state index contributed by atoms with van der Waals surface area (Å²) in [5.41, 5.74) is 0. The van der Waals surface area contributed by atoms with Gasteiger partial charge in [-0.2, -0.15) is 0 Å². The molecule has 6 heteroatoms. The highest BCUT2D eigenvalue weighted by Gasteiger charge is 2.19. The van der Waals surface area contributed by atoms with Crippen LogP contribution in [0.5, 0.6) is 0 Å². The summed E-state index contributed by atoms with van der Waals surface area (Å²) in [5.74, 6) is -0.852. The average Bonchev–Trinajstić information content (AvgIpc) is 3.47. The van der Waals surface area contributed by atoms with Crippen molar-refractivity contribution in [1.29, 1.82) is 0 Å². The molecule has 0 N–H and O–H groups in total. The van der Waals surface area contributed by atoms with Crippen LogP contribution in [0.25, 0.3) is 0 Å². The van der Waals surface area contributed by atoms with E-state index in [2.05, 4.69) is 81.5 Å². The molecular weight excluding hydrogens is 997 g/mol. The number of hydrogen-bond acceptors (Lipinski definition) is 6. The fourth-order valence-electron chi connectivity index (χ4n) is 10.7. The van der Waals surface area contributed by atoms with E-state index >= 15 is 0 Å². The first-order valence-corrected chi connectivity index (χ1v) is 35.8. The van der Waals surface area contributed by atoms with Crippen LogP contribution in [0.1, 0.15) is 380 Å². The maximum absolute atomic E-state index is 12.9. The van der Waals surface area contributed by atoms with E-state index in [1.807, 2.05) is 0 Å². The summed E-state index contributed by atoms with van der Waals surface area (Å²) in [6.07, 6.45) is 89.7. The summed E-state index contributed by atoms with van der Waals surface area (Å²) in [5, 5.41) is 0. The normalized spacial score (nSPS) is 12.4. The van der Waals surface area contributed by atoms with Crippen LogP contribution in [0.2, 0.25) is 0 Å². The van der Waals surface area contributed by atoms with Crippen molar-refractivity contribution in [2.75, 3.05) is 13.2 Å². The van der Waals surface area contributed by atoms with Crippen molar-refractivity contribution in [2.45, 2.75) is 386 Å². The Hall–Kier alpha value is -2.89. The maximum Gasteiger partial charge on any atom is 0.306 e. The number of allylic oxidation sites excluding steroid dienone is 10. The zero-order valence-corrected chi connectivity index (χ0v) is 54.3. The molecule has 0 aliphatic carbocycles. The second kappa shape index (κ2) is 69.6. The van der Waals surface area contributed by atoms with Gasteiger partial charge in [-0.1, -0.05) is 338 Å². The van der Waals surface area contributed by atoms with E-state index in [9.17, 15) is 14.4 Å². The van der Waals surface area contributed by atoms with Crippen molar-refractivity contribution in [3.63, 3.8) is 0 Å². The Morgan fingerprint density at radius 3 is 0.765 bits per heavy atom. The van der Waals surface area contributed by atoms with Crippen LogP contribution in [0.3, 0.4) is 0 Å². The van der Waals surface area contributed by atoms with E-state index < -0.39 is 6.10 Å². The predicted molar refractivity (Wildman–Crippen MR) is 353 cm³/mol. The summed E-state index contributed by atoms with van der Waals surface area (Å²) in [7, 11) is 0. The molecule has 0 aromatic heterocycles. The highest BCUT2D eigenvalue weighted by atomic mass is 16.6. The molecule has 1 atom stereocenters. The van der Waals surface area contributed by atoms with Crippen LogP contribution in [0.4, 0.5) is 0 Å². The van der Waals surface area contributed by atoms with Gasteiger partial charge in [-0.05, 0) is 83.5 Å². The first-order valence-electron chi connectivity index (χ1n) is 35.8. The van der Waals surface area contributed by atoms with Crippen LogP contribution < -0.4 is 0 Å². The van der Waals surface area contributed by atoms with Gasteiger partial charge in [0.15, 0.2) is 6.10 Å². The van der Waals surface area contributed by atoms with Gasteiger partial charge in [-0.25, -0.2) is 0 Å². The first kappa shape index (κ1) is 78.1. The minimum absolute atomic E-state index is 0.0700. The quantitative estimate of drug-likeness (QED) is 0.0261. The van der Waals surface area contributed by atoms with Gasteiger partial charge in [0.1, 0.15) is 13.2 Å². The zero-order valence-electron chi connectivity index (χ0n) is 54.3. The van der Waals surface area contributed by atoms with E-state index in [0.29, 0.717) is 19.3 Å². The molecule has 0 spiro atoms. The second-order valence-electron chi connectivity index (χ2n) is 24.1. The standard InChI is InChI=1S/C75H136O6/c1-4-7-10-13-16-19-22-25-28-30-31-32-33-34-35-36-37-38-39-40-41-42-43-44-45-46-48-50-53-56-59-62-65-68-74(77)80-71-72(70-79-73(76)67-64-61-58-55-52-49-27-24-21-18-15-12-9-6-3)81-75(78)69-66-63-60-57-54-51-47-29-26-23-20-17-14-11-8-5-2/h7,10,16,19,24-25,27-28,31-32,72H,4-6,8-9,11-15,17-18,20-23,26,29-30,33-71H2,1-3H3/b10-7-,19-16-,27-24-,28-25-,32-31-. The van der Waals surface area contributed by atoms with Crippen LogP contribution >= 0.6 is 0 Å². The Labute approximate surface area is 504 Å². The van der Waals surface area contributed by atoms with Crippen molar-refractivity contribution in [2.24, 2.45) is 0 Å². The Morgan fingerprint density at radius 1 is 0.259 bits per heavy atom. The highest BCUT2D eigenvalue weighted by Crippen LogP contribution is 2.18. The number of unbranched alkanes of at least 4 members (excludes halogenated alkanes) is 45. The van der Waals surface area contributed by atoms with Gasteiger partial charge < -0.3 is 14.2 Å². The van der Waals surface area contributed by atoms with Crippen LogP contribution in [0, 0.1) is 0 Å². The topological polar surface area (TPSA) is 78.9 Å². The summed E-state index contributed by atoms with van der Waals surface area (Å²) >= 11 is 0. The van der Waals surface area contributed by atoms with Gasteiger partial charge in [-0.15, -0.1) is 0 Å². The molecule has 1 unspecified atom stereocenters. The molecule has 0 aliphatic rings. The van der Waals surface area contributed by atoms with Crippen molar-refractivity contribution in [3.05, 3.63) is 60.8 Å². The molecule has 0 rings (SSSR count). The molecule has 0 aromatic carbocycles. The zero-order chi connectivity index (χ0) is 58.5. The van der Waals surface area contributed by atoms with Gasteiger partial charge in [0.2, 0.25) is 0 Å². The van der Waals surface area contributed by atoms with Crippen molar-refractivity contribution in [3.8, 4) is 0 Å². The lowest BCUT2D eigenvalue weighted by molar-refractivity contribution is -0.167. The van der Waals surface area contributed by atoms with E-state index in [1.54, 1.807) is 0 Å². The van der Waals surface area contributed by atoms with Crippen molar-refractivity contribution >= 4 is 17.9 Å². The van der Waals surface area contributed by atoms with E-state index in [1.165, 1.54) is 250 Å². The average molecular weight is 1130 g/mol. The van der Waals surface area contributed by atoms with Gasteiger partial charge in [0.25, 0.3) is 0 Å². The number of carbonyl (C=O) groups is 3. The fourth-order valence-corrected chi connectivity index (χ4v) is 10.7. The van der Waals surface area contributed by atoms with Gasteiger partial charge in [0, 0.05) is 19.3 Å². The third-order valence-corrected chi connectivity index (χ3v) is 16.0. The van der Waals surface area contributed by atoms with E-state index in [4.69, 9.17) is 14.2 Å². The molecule has 0 bridgehead atoms. The largest absolute Gasteiger partial charge is 0.462 e. The Balaban J connectivity index is 4.13. The van der Waals surface area contributed by atoms with Gasteiger partial charge in [-0.3, -0.25) is 14.4 Å². The molecule has 0 radical (unpaired) electrons. The summed E-state index contributed by atoms with van der Waals surface area (Å²) in [4.78, 5) is 38.4. The number of hydrogen-bond donors (Lipinski definition) is 0. The molecule has 0 saturated heterocycles. The Morgan fingerprint density at radius 2 is 0.481 bits per heavy atom. The number of rotatable bonds is 66. The molecule has 0 aliphatic heterocycles. The van der Waals surface area contributed by atoms with Gasteiger partial charge >= 0.3 is 17.9 Å². The lowest BCUT2D eigenvalue weighted by Crippen LogP contribution is -2.30. The SMILES string of the molecule is CC/C=C\C/C=C\C/C=C\C/C=C\CCCCCCCCCCCCCCCCCCCCCCC(=O)OCC(COC(=O)CCCCCCC/C=C\CCCCCCC)OC(=O)CCCCCCCCCCCCCCCCCC. The van der Waals surface area contributed by atoms with Gasteiger partial charge in [0.05, 0.1) is 0 Å². The molecule has 0 aromatic rings. The van der Waals surface area contributed by atoms with Crippen LogP contribution in [0.15, 0.2) is 60.8 Å². The molecule has 0 fully saturated rings. The second-order valence-corrected chi connectivity index (χ2v) is 24.1. The molecular formula is C75H136O6. The minimum atomic E-state index is -0.774. The third kappa shape index (κ3) is 67.8. The lowest BCUT2D eigenvalue weighted by atomic mass is 10.0. The van der Waals surface area contributed by atoms with Crippen LogP contribution in [-0.4, -0.2) is 37.2 Å².